The smallest absolute Gasteiger partial charge is 0.416 e. The number of nitrogens with one attached hydrogen (secondary N) is 1. The van der Waals surface area contributed by atoms with E-state index in [9.17, 15) is 22.8 Å². The highest BCUT2D eigenvalue weighted by Gasteiger charge is 2.30. The summed E-state index contributed by atoms with van der Waals surface area (Å²) < 4.78 is 42.7. The molecule has 2 aromatic rings. The van der Waals surface area contributed by atoms with Gasteiger partial charge in [-0.05, 0) is 36.3 Å². The molecule has 0 saturated heterocycles. The molecule has 0 spiro atoms. The van der Waals surface area contributed by atoms with E-state index in [0.717, 1.165) is 23.8 Å². The summed E-state index contributed by atoms with van der Waals surface area (Å²) in [4.78, 5) is 23.5. The lowest BCUT2D eigenvalue weighted by Gasteiger charge is -2.13. The average Bonchev–Trinajstić information content (AvgIpc) is 2.65. The van der Waals surface area contributed by atoms with Crippen molar-refractivity contribution in [3.05, 3.63) is 77.4 Å². The highest BCUT2D eigenvalue weighted by Crippen LogP contribution is 2.29. The van der Waals surface area contributed by atoms with Gasteiger partial charge in [0.1, 0.15) is 0 Å². The zero-order chi connectivity index (χ0) is 19.9. The normalized spacial score (nSPS) is 12.6. The molecule has 0 aliphatic heterocycles. The second-order valence-electron chi connectivity index (χ2n) is 5.76. The van der Waals surface area contributed by atoms with Gasteiger partial charge in [0.2, 0.25) is 0 Å². The molecule has 0 fully saturated rings. The summed E-state index contributed by atoms with van der Waals surface area (Å²) in [5.74, 6) is -1.30. The molecule has 0 heterocycles. The summed E-state index contributed by atoms with van der Waals surface area (Å²) in [5.41, 5.74) is 0.290. The molecule has 0 aliphatic carbocycles. The van der Waals surface area contributed by atoms with E-state index >= 15 is 0 Å². The van der Waals surface area contributed by atoms with Gasteiger partial charge in [-0.3, -0.25) is 4.79 Å². The molecule has 0 unspecified atom stereocenters. The lowest BCUT2D eigenvalue weighted by Crippen LogP contribution is -2.30. The van der Waals surface area contributed by atoms with Crippen molar-refractivity contribution >= 4 is 18.0 Å². The Labute approximate surface area is 154 Å². The number of hydrogen-bond acceptors (Lipinski definition) is 3. The molecule has 1 N–H and O–H groups in total. The number of hydrogen-bond donors (Lipinski definition) is 1. The van der Waals surface area contributed by atoms with Gasteiger partial charge in [0, 0.05) is 6.08 Å². The quantitative estimate of drug-likeness (QED) is 0.608. The molecular formula is C20H18F3NO3. The molecule has 1 amide bonds. The van der Waals surface area contributed by atoms with Crippen LogP contribution in [0, 0.1) is 0 Å². The van der Waals surface area contributed by atoms with E-state index in [0.29, 0.717) is 0 Å². The topological polar surface area (TPSA) is 55.4 Å². The first kappa shape index (κ1) is 20.2. The minimum atomic E-state index is -4.46. The number of amides is 1. The van der Waals surface area contributed by atoms with Gasteiger partial charge < -0.3 is 10.1 Å². The largest absolute Gasteiger partial charge is 0.452 e. The van der Waals surface area contributed by atoms with Crippen LogP contribution < -0.4 is 5.32 Å². The van der Waals surface area contributed by atoms with E-state index in [1.807, 2.05) is 30.3 Å². The SMILES string of the molecule is C[C@H](NC(=O)COC(=O)/C=C/c1cccc(C(F)(F)F)c1)c1ccccc1. The monoisotopic (exact) mass is 377 g/mol. The Bertz CT molecular complexity index is 817. The van der Waals surface area contributed by atoms with Gasteiger partial charge >= 0.3 is 12.1 Å². The molecule has 0 radical (unpaired) electrons. The Kier molecular flexibility index (Phi) is 6.76. The van der Waals surface area contributed by atoms with E-state index in [1.54, 1.807) is 6.92 Å². The Morgan fingerprint density at radius 3 is 2.48 bits per heavy atom. The second kappa shape index (κ2) is 9.02. The predicted octanol–water partition coefficient (Wildman–Crippen LogP) is 4.14. The van der Waals surface area contributed by atoms with Gasteiger partial charge in [-0.25, -0.2) is 4.79 Å². The van der Waals surface area contributed by atoms with Gasteiger partial charge in [-0.15, -0.1) is 0 Å². The second-order valence-corrected chi connectivity index (χ2v) is 5.76. The first-order valence-electron chi connectivity index (χ1n) is 8.12. The molecule has 1 atom stereocenters. The Morgan fingerprint density at radius 2 is 1.81 bits per heavy atom. The van der Waals surface area contributed by atoms with Crippen molar-refractivity contribution in [2.45, 2.75) is 19.1 Å². The van der Waals surface area contributed by atoms with Crippen molar-refractivity contribution in [3.8, 4) is 0 Å². The van der Waals surface area contributed by atoms with Crippen molar-refractivity contribution in [2.24, 2.45) is 0 Å². The number of carbonyl (C=O) groups excluding carboxylic acids is 2. The third-order valence-corrected chi connectivity index (χ3v) is 3.65. The predicted molar refractivity (Wildman–Crippen MR) is 94.4 cm³/mol. The van der Waals surface area contributed by atoms with Gasteiger partial charge in [-0.1, -0.05) is 42.5 Å². The van der Waals surface area contributed by atoms with Crippen LogP contribution in [0.1, 0.15) is 29.7 Å². The van der Waals surface area contributed by atoms with Crippen molar-refractivity contribution < 1.29 is 27.5 Å². The number of alkyl halides is 3. The number of ether oxygens (including phenoxy) is 1. The summed E-state index contributed by atoms with van der Waals surface area (Å²) in [6.45, 7) is 1.31. The van der Waals surface area contributed by atoms with Crippen LogP contribution in [-0.2, 0) is 20.5 Å². The van der Waals surface area contributed by atoms with Crippen molar-refractivity contribution in [1.29, 1.82) is 0 Å². The maximum absolute atomic E-state index is 12.6. The Morgan fingerprint density at radius 1 is 1.11 bits per heavy atom. The molecule has 142 valence electrons. The number of halogens is 3. The number of benzene rings is 2. The summed E-state index contributed by atoms with van der Waals surface area (Å²) in [5, 5.41) is 2.68. The van der Waals surface area contributed by atoms with E-state index in [-0.39, 0.29) is 11.6 Å². The standard InChI is InChI=1S/C20H18F3NO3/c1-14(16-7-3-2-4-8-16)24-18(25)13-27-19(26)11-10-15-6-5-9-17(12-15)20(21,22)23/h2-12,14H,13H2,1H3,(H,24,25)/b11-10+/t14-/m0/s1. The maximum atomic E-state index is 12.6. The number of rotatable bonds is 6. The van der Waals surface area contributed by atoms with Crippen LogP contribution >= 0.6 is 0 Å². The minimum Gasteiger partial charge on any atom is -0.452 e. The first-order valence-corrected chi connectivity index (χ1v) is 8.12. The van der Waals surface area contributed by atoms with Crippen LogP contribution in [0.25, 0.3) is 6.08 Å². The minimum absolute atomic E-state index is 0.198. The van der Waals surface area contributed by atoms with Crippen LogP contribution in [0.3, 0.4) is 0 Å². The summed E-state index contributed by atoms with van der Waals surface area (Å²) in [6, 6.07) is 13.5. The Balaban J connectivity index is 1.83. The molecule has 2 rings (SSSR count). The van der Waals surface area contributed by atoms with Gasteiger partial charge in [0.05, 0.1) is 11.6 Å². The maximum Gasteiger partial charge on any atom is 0.416 e. The fourth-order valence-corrected chi connectivity index (χ4v) is 2.28. The lowest BCUT2D eigenvalue weighted by atomic mass is 10.1. The third kappa shape index (κ3) is 6.62. The van der Waals surface area contributed by atoms with Crippen LogP contribution in [-0.4, -0.2) is 18.5 Å². The Hall–Kier alpha value is -3.09. The van der Waals surface area contributed by atoms with Gasteiger partial charge in [0.15, 0.2) is 6.61 Å². The zero-order valence-corrected chi connectivity index (χ0v) is 14.5. The zero-order valence-electron chi connectivity index (χ0n) is 14.5. The van der Waals surface area contributed by atoms with E-state index < -0.39 is 30.2 Å². The molecular weight excluding hydrogens is 359 g/mol. The fourth-order valence-electron chi connectivity index (χ4n) is 2.28. The summed E-state index contributed by atoms with van der Waals surface area (Å²) in [6.07, 6.45) is -2.29. The van der Waals surface area contributed by atoms with Crippen molar-refractivity contribution in [2.75, 3.05) is 6.61 Å². The number of esters is 1. The molecule has 0 aliphatic rings. The number of carbonyl (C=O) groups is 2. The fraction of sp³-hybridized carbons (Fsp3) is 0.200. The molecule has 27 heavy (non-hydrogen) atoms. The highest BCUT2D eigenvalue weighted by molar-refractivity contribution is 5.89. The lowest BCUT2D eigenvalue weighted by molar-refractivity contribution is -0.144. The molecule has 0 aromatic heterocycles. The van der Waals surface area contributed by atoms with Crippen molar-refractivity contribution in [3.63, 3.8) is 0 Å². The molecule has 7 heteroatoms. The van der Waals surface area contributed by atoms with E-state index in [2.05, 4.69) is 5.32 Å². The third-order valence-electron chi connectivity index (χ3n) is 3.65. The van der Waals surface area contributed by atoms with Gasteiger partial charge in [-0.2, -0.15) is 13.2 Å². The molecule has 4 nitrogen and oxygen atoms in total. The molecule has 2 aromatic carbocycles. The van der Waals surface area contributed by atoms with E-state index in [1.165, 1.54) is 18.2 Å². The molecule has 0 saturated carbocycles. The summed E-state index contributed by atoms with van der Waals surface area (Å²) >= 11 is 0. The average molecular weight is 377 g/mol. The highest BCUT2D eigenvalue weighted by atomic mass is 19.4. The first-order chi connectivity index (χ1) is 12.8. The van der Waals surface area contributed by atoms with Crippen LogP contribution in [0.2, 0.25) is 0 Å². The van der Waals surface area contributed by atoms with Crippen LogP contribution in [0.4, 0.5) is 13.2 Å². The van der Waals surface area contributed by atoms with Crippen molar-refractivity contribution in [1.82, 2.24) is 5.32 Å². The van der Waals surface area contributed by atoms with Crippen LogP contribution in [0.5, 0.6) is 0 Å². The van der Waals surface area contributed by atoms with Crippen LogP contribution in [0.15, 0.2) is 60.7 Å². The molecule has 0 bridgehead atoms. The van der Waals surface area contributed by atoms with E-state index in [4.69, 9.17) is 4.74 Å². The van der Waals surface area contributed by atoms with Gasteiger partial charge in [0.25, 0.3) is 5.91 Å². The summed E-state index contributed by atoms with van der Waals surface area (Å²) in [7, 11) is 0.